The third-order valence-corrected chi connectivity index (χ3v) is 7.90. The van der Waals surface area contributed by atoms with Gasteiger partial charge in [-0.2, -0.15) is 0 Å². The maximum atomic E-state index is 12.0. The van der Waals surface area contributed by atoms with Crippen molar-refractivity contribution in [1.29, 1.82) is 0 Å². The molecule has 0 bridgehead atoms. The number of amides is 1. The normalized spacial score (nSPS) is 17.0. The molecule has 1 fully saturated rings. The Morgan fingerprint density at radius 1 is 1.05 bits per heavy atom. The number of thiocarbonyl (C=S) groups is 1. The number of halogens is 1. The number of anilines is 2. The van der Waals surface area contributed by atoms with Crippen LogP contribution in [-0.4, -0.2) is 20.6 Å². The third-order valence-electron chi connectivity index (χ3n) is 7.06. The van der Waals surface area contributed by atoms with Crippen LogP contribution in [0.3, 0.4) is 0 Å². The molecule has 6 nitrogen and oxygen atoms in total. The lowest BCUT2D eigenvalue weighted by atomic mass is 9.96. The summed E-state index contributed by atoms with van der Waals surface area (Å²) >= 11 is 9.48. The molecule has 2 atom stereocenters. The molecule has 2 aromatic carbocycles. The zero-order chi connectivity index (χ0) is 27.0. The fraction of sp³-hybridized carbons (Fsp3) is 0.233. The van der Waals surface area contributed by atoms with E-state index in [-0.39, 0.29) is 18.0 Å². The van der Waals surface area contributed by atoms with Crippen molar-refractivity contribution in [2.45, 2.75) is 46.2 Å². The molecule has 5 rings (SSSR count). The summed E-state index contributed by atoms with van der Waals surface area (Å²) < 4.78 is 3.33. The van der Waals surface area contributed by atoms with E-state index in [1.165, 1.54) is 5.56 Å². The monoisotopic (exact) mass is 587 g/mol. The molecule has 0 aliphatic carbocycles. The molecule has 1 aliphatic heterocycles. The molecule has 0 radical (unpaired) electrons. The summed E-state index contributed by atoms with van der Waals surface area (Å²) in [5, 5.41) is 7.18. The first-order chi connectivity index (χ1) is 18.3. The SMILES string of the molecule is CCC(=O)Nc1ccc(N2C(=S)N[C@H](c3ccccn3)[C@@H]2c2cc(C)n(-c3ccc(Br)cc3)c2C)cc1C. The van der Waals surface area contributed by atoms with Crippen molar-refractivity contribution in [3.05, 3.63) is 106 Å². The van der Waals surface area contributed by atoms with Crippen LogP contribution in [0.2, 0.25) is 0 Å². The maximum Gasteiger partial charge on any atom is 0.224 e. The largest absolute Gasteiger partial charge is 0.351 e. The minimum Gasteiger partial charge on any atom is -0.351 e. The first-order valence-electron chi connectivity index (χ1n) is 12.6. The molecule has 3 heterocycles. The molecule has 0 spiro atoms. The zero-order valence-electron chi connectivity index (χ0n) is 21.8. The van der Waals surface area contributed by atoms with E-state index in [4.69, 9.17) is 17.2 Å². The molecule has 8 heteroatoms. The smallest absolute Gasteiger partial charge is 0.224 e. The average Bonchev–Trinajstić information content (AvgIpc) is 3.41. The Morgan fingerprint density at radius 3 is 2.45 bits per heavy atom. The van der Waals surface area contributed by atoms with Gasteiger partial charge in [-0.25, -0.2) is 0 Å². The summed E-state index contributed by atoms with van der Waals surface area (Å²) in [5.41, 5.74) is 8.26. The molecule has 0 unspecified atom stereocenters. The number of aryl methyl sites for hydroxylation is 2. The predicted molar refractivity (Wildman–Crippen MR) is 161 cm³/mol. The Balaban J connectivity index is 1.63. The average molecular weight is 589 g/mol. The summed E-state index contributed by atoms with van der Waals surface area (Å²) in [6.45, 7) is 8.15. The molecule has 0 saturated carbocycles. The van der Waals surface area contributed by atoms with E-state index in [1.807, 2.05) is 50.4 Å². The van der Waals surface area contributed by atoms with Gasteiger partial charge in [0.25, 0.3) is 0 Å². The molecule has 2 aromatic heterocycles. The molecule has 1 amide bonds. The van der Waals surface area contributed by atoms with Crippen LogP contribution < -0.4 is 15.5 Å². The number of hydrogen-bond donors (Lipinski definition) is 2. The highest BCUT2D eigenvalue weighted by atomic mass is 79.9. The number of carbonyl (C=O) groups is 1. The molecular formula is C30H30BrN5OS. The summed E-state index contributed by atoms with van der Waals surface area (Å²) in [5.74, 6) is -0.00677. The lowest BCUT2D eigenvalue weighted by Crippen LogP contribution is -2.29. The Kier molecular flexibility index (Phi) is 7.36. The van der Waals surface area contributed by atoms with Crippen LogP contribution in [0.4, 0.5) is 11.4 Å². The van der Waals surface area contributed by atoms with Crippen molar-refractivity contribution in [1.82, 2.24) is 14.9 Å². The molecule has 38 heavy (non-hydrogen) atoms. The van der Waals surface area contributed by atoms with E-state index in [0.717, 1.165) is 44.2 Å². The van der Waals surface area contributed by atoms with Crippen LogP contribution in [-0.2, 0) is 4.79 Å². The number of pyridine rings is 1. The van der Waals surface area contributed by atoms with Gasteiger partial charge in [0.1, 0.15) is 0 Å². The minimum absolute atomic E-state index is 0.00677. The van der Waals surface area contributed by atoms with E-state index >= 15 is 0 Å². The van der Waals surface area contributed by atoms with E-state index < -0.39 is 0 Å². The second-order valence-corrected chi connectivity index (χ2v) is 10.8. The third kappa shape index (κ3) is 4.86. The van der Waals surface area contributed by atoms with Gasteiger partial charge in [0.05, 0.1) is 17.8 Å². The molecule has 4 aromatic rings. The number of carbonyl (C=O) groups excluding carboxylic acids is 1. The summed E-state index contributed by atoms with van der Waals surface area (Å²) in [6.07, 6.45) is 2.25. The van der Waals surface area contributed by atoms with Gasteiger partial charge in [0, 0.05) is 45.5 Å². The van der Waals surface area contributed by atoms with Gasteiger partial charge in [0.2, 0.25) is 5.91 Å². The van der Waals surface area contributed by atoms with Gasteiger partial charge in [-0.05, 0) is 105 Å². The van der Waals surface area contributed by atoms with Crippen molar-refractivity contribution in [2.24, 2.45) is 0 Å². The Labute approximate surface area is 237 Å². The van der Waals surface area contributed by atoms with Crippen LogP contribution in [0.25, 0.3) is 5.69 Å². The van der Waals surface area contributed by atoms with Crippen molar-refractivity contribution >= 4 is 50.5 Å². The highest BCUT2D eigenvalue weighted by Crippen LogP contribution is 2.44. The van der Waals surface area contributed by atoms with E-state index in [0.29, 0.717) is 11.5 Å². The quantitative estimate of drug-likeness (QED) is 0.236. The van der Waals surface area contributed by atoms with Crippen molar-refractivity contribution < 1.29 is 4.79 Å². The number of hydrogen-bond acceptors (Lipinski definition) is 3. The Bertz CT molecular complexity index is 1500. The van der Waals surface area contributed by atoms with Crippen molar-refractivity contribution in [3.63, 3.8) is 0 Å². The number of rotatable bonds is 6. The highest BCUT2D eigenvalue weighted by molar-refractivity contribution is 9.10. The Hall–Kier alpha value is -3.49. The first-order valence-corrected chi connectivity index (χ1v) is 13.8. The van der Waals surface area contributed by atoms with Crippen molar-refractivity contribution in [3.8, 4) is 5.69 Å². The number of nitrogens with zero attached hydrogens (tertiary/aromatic N) is 3. The van der Waals surface area contributed by atoms with Crippen LogP contribution in [0.5, 0.6) is 0 Å². The van der Waals surface area contributed by atoms with E-state index in [9.17, 15) is 4.79 Å². The maximum absolute atomic E-state index is 12.0. The van der Waals surface area contributed by atoms with Gasteiger partial charge in [0.15, 0.2) is 5.11 Å². The molecule has 2 N–H and O–H groups in total. The Morgan fingerprint density at radius 2 is 1.79 bits per heavy atom. The second kappa shape index (κ2) is 10.7. The molecule has 194 valence electrons. The van der Waals surface area contributed by atoms with Crippen LogP contribution in [0, 0.1) is 20.8 Å². The van der Waals surface area contributed by atoms with Gasteiger partial charge >= 0.3 is 0 Å². The highest BCUT2D eigenvalue weighted by Gasteiger charge is 2.42. The topological polar surface area (TPSA) is 62.2 Å². The van der Waals surface area contributed by atoms with Crippen molar-refractivity contribution in [2.75, 3.05) is 10.2 Å². The first kappa shape index (κ1) is 26.1. The predicted octanol–water partition coefficient (Wildman–Crippen LogP) is 7.09. The molecule has 1 aliphatic rings. The number of nitrogens with one attached hydrogen (secondary N) is 2. The van der Waals surface area contributed by atoms with Gasteiger partial charge in [-0.1, -0.05) is 28.9 Å². The number of benzene rings is 2. The summed E-state index contributed by atoms with van der Waals surface area (Å²) in [4.78, 5) is 18.9. The van der Waals surface area contributed by atoms with Crippen LogP contribution in [0.1, 0.15) is 53.6 Å². The zero-order valence-corrected chi connectivity index (χ0v) is 24.2. The second-order valence-electron chi connectivity index (χ2n) is 9.54. The molecule has 1 saturated heterocycles. The summed E-state index contributed by atoms with van der Waals surface area (Å²) in [7, 11) is 0. The van der Waals surface area contributed by atoms with Crippen LogP contribution in [0.15, 0.2) is 77.4 Å². The molecular weight excluding hydrogens is 558 g/mol. The lowest BCUT2D eigenvalue weighted by Gasteiger charge is -2.29. The van der Waals surface area contributed by atoms with Gasteiger partial charge in [-0.15, -0.1) is 0 Å². The fourth-order valence-corrected chi connectivity index (χ4v) is 5.81. The summed E-state index contributed by atoms with van der Waals surface area (Å²) in [6, 6.07) is 22.4. The van der Waals surface area contributed by atoms with E-state index in [2.05, 4.69) is 86.3 Å². The standard InChI is InChI=1S/C30H30BrN5OS/c1-5-27(37)33-25-14-13-23(16-18(25)2)36-29(28(34-30(36)38)26-8-6-7-15-32-26)24-17-19(3)35(20(24)4)22-11-9-21(31)10-12-22/h6-17,28-29H,5H2,1-4H3,(H,33,37)(H,34,38)/t28-,29+/m1/s1. The fourth-order valence-electron chi connectivity index (χ4n) is 5.20. The number of aromatic nitrogens is 2. The van der Waals surface area contributed by atoms with Gasteiger partial charge in [-0.3, -0.25) is 9.78 Å². The lowest BCUT2D eigenvalue weighted by molar-refractivity contribution is -0.115. The van der Waals surface area contributed by atoms with Gasteiger partial charge < -0.3 is 20.1 Å². The van der Waals surface area contributed by atoms with E-state index in [1.54, 1.807) is 0 Å². The van der Waals surface area contributed by atoms with Crippen LogP contribution >= 0.6 is 28.1 Å². The minimum atomic E-state index is -0.137.